The van der Waals surface area contributed by atoms with Crippen LogP contribution in [0.5, 0.6) is 0 Å². The summed E-state index contributed by atoms with van der Waals surface area (Å²) in [5.41, 5.74) is 0.330. The van der Waals surface area contributed by atoms with Crippen molar-refractivity contribution in [3.8, 4) is 0 Å². The summed E-state index contributed by atoms with van der Waals surface area (Å²) in [6.45, 7) is 14.4. The third kappa shape index (κ3) is 7.05. The Bertz CT molecular complexity index is 283. The van der Waals surface area contributed by atoms with E-state index in [4.69, 9.17) is 4.74 Å². The van der Waals surface area contributed by atoms with Gasteiger partial charge in [0.1, 0.15) is 0 Å². The summed E-state index contributed by atoms with van der Waals surface area (Å²) in [5, 5.41) is 13.5. The zero-order valence-corrected chi connectivity index (χ0v) is 14.3. The van der Waals surface area contributed by atoms with Gasteiger partial charge in [-0.1, -0.05) is 34.1 Å². The number of β-amino-alcohol motifs (C(OH)–C–C–N with tert-alkyl or cyclic N) is 1. The summed E-state index contributed by atoms with van der Waals surface area (Å²) in [4.78, 5) is 0. The van der Waals surface area contributed by atoms with Gasteiger partial charge >= 0.3 is 0 Å². The summed E-state index contributed by atoms with van der Waals surface area (Å²) in [5.74, 6) is 0.646. The molecule has 0 amide bonds. The number of nitrogens with one attached hydrogen (secondary N) is 1. The molecule has 3 nitrogen and oxygen atoms in total. The topological polar surface area (TPSA) is 41.5 Å². The Hall–Kier alpha value is -0.120. The van der Waals surface area contributed by atoms with Gasteiger partial charge in [0.15, 0.2) is 0 Å². The molecule has 0 aromatic carbocycles. The zero-order valence-electron chi connectivity index (χ0n) is 14.3. The van der Waals surface area contributed by atoms with E-state index in [1.165, 1.54) is 12.8 Å². The molecule has 0 aliphatic heterocycles. The van der Waals surface area contributed by atoms with Crippen molar-refractivity contribution in [2.24, 2.45) is 11.3 Å². The lowest BCUT2D eigenvalue weighted by molar-refractivity contribution is -0.0232. The smallest absolute Gasteiger partial charge is 0.0898 e. The normalized spacial score (nSPS) is 25.9. The fourth-order valence-electron chi connectivity index (χ4n) is 3.44. The van der Waals surface area contributed by atoms with Crippen molar-refractivity contribution in [2.75, 3.05) is 13.2 Å². The summed E-state index contributed by atoms with van der Waals surface area (Å²) < 4.78 is 5.85. The van der Waals surface area contributed by atoms with E-state index in [1.54, 1.807) is 0 Å². The standard InChI is InChI=1S/C17H35NO2/c1-13-8-7-9-15(13)20-11-14(19)10-18-17(5,6)12-16(2,3)4/h13-15,18-19H,7-12H2,1-6H3/t13-,14+,15-/m0/s1. The van der Waals surface area contributed by atoms with E-state index in [0.717, 1.165) is 12.8 Å². The van der Waals surface area contributed by atoms with Crippen LogP contribution in [0, 0.1) is 11.3 Å². The summed E-state index contributed by atoms with van der Waals surface area (Å²) in [6.07, 6.45) is 4.69. The molecular weight excluding hydrogens is 250 g/mol. The van der Waals surface area contributed by atoms with E-state index >= 15 is 0 Å². The molecule has 1 rings (SSSR count). The van der Waals surface area contributed by atoms with E-state index in [1.807, 2.05) is 0 Å². The van der Waals surface area contributed by atoms with Crippen LogP contribution in [-0.2, 0) is 4.74 Å². The SMILES string of the molecule is C[C@H]1CCC[C@@H]1OC[C@H](O)CNC(C)(C)CC(C)(C)C. The van der Waals surface area contributed by atoms with Gasteiger partial charge in [-0.25, -0.2) is 0 Å². The van der Waals surface area contributed by atoms with Crippen molar-refractivity contribution in [1.82, 2.24) is 5.32 Å². The third-order valence-electron chi connectivity index (χ3n) is 4.07. The van der Waals surface area contributed by atoms with E-state index in [0.29, 0.717) is 25.2 Å². The lowest BCUT2D eigenvalue weighted by Gasteiger charge is -2.34. The Morgan fingerprint density at radius 3 is 2.35 bits per heavy atom. The molecule has 0 spiro atoms. The summed E-state index contributed by atoms with van der Waals surface area (Å²) in [7, 11) is 0. The second-order valence-electron chi connectivity index (χ2n) is 8.44. The molecule has 1 aliphatic carbocycles. The molecule has 20 heavy (non-hydrogen) atoms. The van der Waals surface area contributed by atoms with Crippen LogP contribution in [0.2, 0.25) is 0 Å². The molecule has 0 saturated heterocycles. The highest BCUT2D eigenvalue weighted by atomic mass is 16.5. The number of hydrogen-bond acceptors (Lipinski definition) is 3. The fourth-order valence-corrected chi connectivity index (χ4v) is 3.44. The summed E-state index contributed by atoms with van der Waals surface area (Å²) in [6, 6.07) is 0. The van der Waals surface area contributed by atoms with Crippen LogP contribution in [0.1, 0.15) is 67.2 Å². The van der Waals surface area contributed by atoms with Crippen molar-refractivity contribution >= 4 is 0 Å². The highest BCUT2D eigenvalue weighted by molar-refractivity contribution is 4.84. The van der Waals surface area contributed by atoms with Crippen LogP contribution in [0.4, 0.5) is 0 Å². The van der Waals surface area contributed by atoms with Gasteiger partial charge in [-0.15, -0.1) is 0 Å². The Balaban J connectivity index is 2.23. The molecule has 1 saturated carbocycles. The quantitative estimate of drug-likeness (QED) is 0.753. The van der Waals surface area contributed by atoms with Crippen molar-refractivity contribution in [1.29, 1.82) is 0 Å². The van der Waals surface area contributed by atoms with Crippen LogP contribution in [-0.4, -0.2) is 36.0 Å². The fraction of sp³-hybridized carbons (Fsp3) is 1.00. The molecular formula is C17H35NO2. The number of aliphatic hydroxyl groups excluding tert-OH is 1. The maximum Gasteiger partial charge on any atom is 0.0898 e. The second-order valence-corrected chi connectivity index (χ2v) is 8.44. The van der Waals surface area contributed by atoms with Crippen LogP contribution < -0.4 is 5.32 Å². The van der Waals surface area contributed by atoms with Gasteiger partial charge in [0, 0.05) is 12.1 Å². The number of ether oxygens (including phenoxy) is 1. The molecule has 1 fully saturated rings. The Morgan fingerprint density at radius 1 is 1.20 bits per heavy atom. The second kappa shape index (κ2) is 7.24. The van der Waals surface area contributed by atoms with Gasteiger partial charge in [-0.05, 0) is 44.4 Å². The molecule has 3 heteroatoms. The minimum absolute atomic E-state index is 0.0415. The zero-order chi connectivity index (χ0) is 15.4. The molecule has 0 unspecified atom stereocenters. The highest BCUT2D eigenvalue weighted by Crippen LogP contribution is 2.28. The molecule has 0 radical (unpaired) electrons. The lowest BCUT2D eigenvalue weighted by Crippen LogP contribution is -2.46. The van der Waals surface area contributed by atoms with Gasteiger partial charge in [0.2, 0.25) is 0 Å². The maximum atomic E-state index is 10.1. The lowest BCUT2D eigenvalue weighted by atomic mass is 9.82. The minimum Gasteiger partial charge on any atom is -0.389 e. The van der Waals surface area contributed by atoms with Gasteiger partial charge in [0.05, 0.1) is 18.8 Å². The van der Waals surface area contributed by atoms with E-state index in [9.17, 15) is 5.11 Å². The van der Waals surface area contributed by atoms with Crippen molar-refractivity contribution in [3.05, 3.63) is 0 Å². The van der Waals surface area contributed by atoms with Crippen LogP contribution in [0.15, 0.2) is 0 Å². The number of hydrogen-bond donors (Lipinski definition) is 2. The predicted molar refractivity (Wildman–Crippen MR) is 84.9 cm³/mol. The van der Waals surface area contributed by atoms with Crippen molar-refractivity contribution in [3.63, 3.8) is 0 Å². The average molecular weight is 285 g/mol. The van der Waals surface area contributed by atoms with Crippen molar-refractivity contribution < 1.29 is 9.84 Å². The molecule has 0 aromatic rings. The van der Waals surface area contributed by atoms with Gasteiger partial charge in [-0.3, -0.25) is 0 Å². The molecule has 3 atom stereocenters. The van der Waals surface area contributed by atoms with Crippen LogP contribution in [0.3, 0.4) is 0 Å². The van der Waals surface area contributed by atoms with E-state index in [2.05, 4.69) is 46.9 Å². The largest absolute Gasteiger partial charge is 0.389 e. The van der Waals surface area contributed by atoms with Gasteiger partial charge in [-0.2, -0.15) is 0 Å². The van der Waals surface area contributed by atoms with Crippen molar-refractivity contribution in [2.45, 2.75) is 85.0 Å². The minimum atomic E-state index is -0.415. The number of rotatable bonds is 7. The molecule has 0 bridgehead atoms. The molecule has 120 valence electrons. The maximum absolute atomic E-state index is 10.1. The van der Waals surface area contributed by atoms with Gasteiger partial charge in [0.25, 0.3) is 0 Å². The highest BCUT2D eigenvalue weighted by Gasteiger charge is 2.27. The first-order chi connectivity index (χ1) is 9.09. The van der Waals surface area contributed by atoms with Gasteiger partial charge < -0.3 is 15.2 Å². The Labute approximate surface area is 125 Å². The summed E-state index contributed by atoms with van der Waals surface area (Å²) >= 11 is 0. The number of aliphatic hydroxyl groups is 1. The molecule has 0 heterocycles. The first-order valence-corrected chi connectivity index (χ1v) is 8.14. The molecule has 0 aromatic heterocycles. The monoisotopic (exact) mass is 285 g/mol. The van der Waals surface area contributed by atoms with E-state index < -0.39 is 6.10 Å². The van der Waals surface area contributed by atoms with E-state index in [-0.39, 0.29) is 11.0 Å². The van der Waals surface area contributed by atoms with Crippen LogP contribution >= 0.6 is 0 Å². The first kappa shape index (κ1) is 17.9. The molecule has 2 N–H and O–H groups in total. The molecule has 1 aliphatic rings. The van der Waals surface area contributed by atoms with Crippen LogP contribution in [0.25, 0.3) is 0 Å². The predicted octanol–water partition coefficient (Wildman–Crippen LogP) is 3.36. The average Bonchev–Trinajstić information content (AvgIpc) is 2.66. The Morgan fingerprint density at radius 2 is 1.85 bits per heavy atom. The Kier molecular flexibility index (Phi) is 6.49. The third-order valence-corrected chi connectivity index (χ3v) is 4.07. The first-order valence-electron chi connectivity index (χ1n) is 8.14.